The highest BCUT2D eigenvalue weighted by Crippen LogP contribution is 2.48. The van der Waals surface area contributed by atoms with Crippen molar-refractivity contribution in [2.75, 3.05) is 13.2 Å². The summed E-state index contributed by atoms with van der Waals surface area (Å²) in [6.07, 6.45) is 2.94. The van der Waals surface area contributed by atoms with Crippen LogP contribution < -0.4 is 5.32 Å². The molecule has 3 nitrogen and oxygen atoms in total. The van der Waals surface area contributed by atoms with Gasteiger partial charge in [0.25, 0.3) is 0 Å². The Morgan fingerprint density at radius 3 is 2.65 bits per heavy atom. The Hall–Kier alpha value is -1.49. The zero-order valence-corrected chi connectivity index (χ0v) is 13.7. The Balaban J connectivity index is 1.94. The summed E-state index contributed by atoms with van der Waals surface area (Å²) >= 11 is 0. The number of aliphatic hydroxyl groups is 1. The lowest BCUT2D eigenvalue weighted by molar-refractivity contribution is -0.123. The fourth-order valence-corrected chi connectivity index (χ4v) is 3.22. The van der Waals surface area contributed by atoms with Gasteiger partial charge in [-0.2, -0.15) is 0 Å². The first kappa shape index (κ1) is 17.9. The summed E-state index contributed by atoms with van der Waals surface area (Å²) in [5.74, 6) is -2.34. The Bertz CT molecular complexity index is 558. The molecule has 0 radical (unpaired) electrons. The molecule has 5 heteroatoms. The van der Waals surface area contributed by atoms with Crippen LogP contribution in [-0.4, -0.2) is 24.2 Å². The quantitative estimate of drug-likeness (QED) is 0.770. The lowest BCUT2D eigenvalue weighted by Crippen LogP contribution is -2.38. The van der Waals surface area contributed by atoms with Gasteiger partial charge in [-0.15, -0.1) is 0 Å². The van der Waals surface area contributed by atoms with Crippen molar-refractivity contribution in [3.05, 3.63) is 35.4 Å². The summed E-state index contributed by atoms with van der Waals surface area (Å²) in [6.45, 7) is 4.70. The van der Waals surface area contributed by atoms with Crippen molar-refractivity contribution in [1.82, 2.24) is 5.32 Å². The monoisotopic (exact) mass is 325 g/mol. The summed E-state index contributed by atoms with van der Waals surface area (Å²) in [5, 5.41) is 12.1. The van der Waals surface area contributed by atoms with Crippen LogP contribution in [0.3, 0.4) is 0 Å². The molecule has 1 aliphatic carbocycles. The fraction of sp³-hybridized carbons (Fsp3) is 0.611. The van der Waals surface area contributed by atoms with E-state index in [0.29, 0.717) is 19.4 Å². The summed E-state index contributed by atoms with van der Waals surface area (Å²) in [7, 11) is 0. The second-order valence-corrected chi connectivity index (χ2v) is 6.49. The number of carbonyl (C=O) groups excluding carboxylic acids is 1. The van der Waals surface area contributed by atoms with Crippen molar-refractivity contribution in [3.8, 4) is 0 Å². The van der Waals surface area contributed by atoms with E-state index in [0.717, 1.165) is 18.9 Å². The predicted molar refractivity (Wildman–Crippen MR) is 84.9 cm³/mol. The summed E-state index contributed by atoms with van der Waals surface area (Å²) in [5.41, 5.74) is 0.191. The van der Waals surface area contributed by atoms with Crippen LogP contribution >= 0.6 is 0 Å². The third-order valence-electron chi connectivity index (χ3n) is 5.29. The van der Waals surface area contributed by atoms with Crippen molar-refractivity contribution in [3.63, 3.8) is 0 Å². The number of hydrogen-bond donors (Lipinski definition) is 2. The lowest BCUT2D eigenvalue weighted by Gasteiger charge is -2.31. The number of rotatable bonds is 8. The minimum Gasteiger partial charge on any atom is -0.396 e. The first-order chi connectivity index (χ1) is 11.0. The molecule has 1 amide bonds. The Morgan fingerprint density at radius 2 is 2.04 bits per heavy atom. The third-order valence-corrected chi connectivity index (χ3v) is 5.29. The molecule has 0 spiro atoms. The molecule has 1 aromatic rings. The van der Waals surface area contributed by atoms with Crippen molar-refractivity contribution in [1.29, 1.82) is 0 Å². The highest BCUT2D eigenvalue weighted by molar-refractivity contribution is 5.82. The SMILES string of the molecule is CCC(CC)(CCO)CNC(=O)C1CC1c1cccc(F)c1F. The van der Waals surface area contributed by atoms with Gasteiger partial charge in [-0.25, -0.2) is 8.78 Å². The summed E-state index contributed by atoms with van der Waals surface area (Å²) in [4.78, 5) is 12.3. The Kier molecular flexibility index (Phi) is 5.74. The second kappa shape index (κ2) is 7.39. The normalized spacial score (nSPS) is 20.4. The zero-order valence-electron chi connectivity index (χ0n) is 13.7. The van der Waals surface area contributed by atoms with Crippen molar-refractivity contribution in [2.24, 2.45) is 11.3 Å². The molecule has 1 aliphatic rings. The van der Waals surface area contributed by atoms with Gasteiger partial charge in [-0.3, -0.25) is 4.79 Å². The summed E-state index contributed by atoms with van der Waals surface area (Å²) in [6, 6.07) is 4.11. The predicted octanol–water partition coefficient (Wildman–Crippen LogP) is 3.37. The number of halogens is 2. The van der Waals surface area contributed by atoms with E-state index in [-0.39, 0.29) is 35.3 Å². The number of carbonyl (C=O) groups is 1. The molecule has 0 aliphatic heterocycles. The van der Waals surface area contributed by atoms with Gasteiger partial charge in [0.05, 0.1) is 0 Å². The minimum atomic E-state index is -0.868. The average molecular weight is 325 g/mol. The molecule has 0 aromatic heterocycles. The number of amides is 1. The van der Waals surface area contributed by atoms with Crippen LogP contribution in [0.4, 0.5) is 8.78 Å². The second-order valence-electron chi connectivity index (χ2n) is 6.49. The van der Waals surface area contributed by atoms with Crippen LogP contribution in [0.1, 0.15) is 51.0 Å². The molecule has 0 saturated heterocycles. The molecule has 1 aromatic carbocycles. The molecule has 0 bridgehead atoms. The van der Waals surface area contributed by atoms with E-state index in [1.165, 1.54) is 6.07 Å². The highest BCUT2D eigenvalue weighted by Gasteiger charge is 2.45. The third kappa shape index (κ3) is 3.89. The standard InChI is InChI=1S/C18H25F2NO2/c1-3-18(4-2,8-9-22)11-21-17(23)14-10-13(14)12-6-5-7-15(19)16(12)20/h5-7,13-14,22H,3-4,8-11H2,1-2H3,(H,21,23). The maximum absolute atomic E-state index is 13.8. The molecule has 2 N–H and O–H groups in total. The van der Waals surface area contributed by atoms with E-state index in [9.17, 15) is 18.7 Å². The summed E-state index contributed by atoms with van der Waals surface area (Å²) < 4.78 is 27.1. The largest absolute Gasteiger partial charge is 0.396 e. The van der Waals surface area contributed by atoms with Gasteiger partial charge in [0, 0.05) is 19.1 Å². The number of aliphatic hydroxyl groups excluding tert-OH is 1. The van der Waals surface area contributed by atoms with Crippen LogP contribution in [0.25, 0.3) is 0 Å². The maximum Gasteiger partial charge on any atom is 0.223 e. The molecule has 128 valence electrons. The van der Waals surface area contributed by atoms with Gasteiger partial charge in [-0.1, -0.05) is 26.0 Å². The van der Waals surface area contributed by atoms with Gasteiger partial charge in [-0.05, 0) is 48.6 Å². The maximum atomic E-state index is 13.8. The van der Waals surface area contributed by atoms with Gasteiger partial charge in [0.1, 0.15) is 0 Å². The van der Waals surface area contributed by atoms with Crippen molar-refractivity contribution >= 4 is 5.91 Å². The van der Waals surface area contributed by atoms with Crippen LogP contribution in [0, 0.1) is 23.0 Å². The zero-order chi connectivity index (χ0) is 17.0. The van der Waals surface area contributed by atoms with Crippen LogP contribution in [-0.2, 0) is 4.79 Å². The van der Waals surface area contributed by atoms with E-state index in [1.54, 1.807) is 6.07 Å². The molecule has 2 atom stereocenters. The van der Waals surface area contributed by atoms with Crippen LogP contribution in [0.5, 0.6) is 0 Å². The van der Waals surface area contributed by atoms with Gasteiger partial charge in [0.2, 0.25) is 5.91 Å². The minimum absolute atomic E-state index is 0.0953. The molecular formula is C18H25F2NO2. The molecule has 23 heavy (non-hydrogen) atoms. The van der Waals surface area contributed by atoms with Gasteiger partial charge < -0.3 is 10.4 Å². The van der Waals surface area contributed by atoms with E-state index in [1.807, 2.05) is 13.8 Å². The van der Waals surface area contributed by atoms with E-state index in [4.69, 9.17) is 0 Å². The Morgan fingerprint density at radius 1 is 1.35 bits per heavy atom. The number of nitrogens with one attached hydrogen (secondary N) is 1. The van der Waals surface area contributed by atoms with Crippen LogP contribution in [0.2, 0.25) is 0 Å². The molecule has 2 unspecified atom stereocenters. The molecular weight excluding hydrogens is 300 g/mol. The number of benzene rings is 1. The average Bonchev–Trinajstić information content (AvgIpc) is 3.34. The highest BCUT2D eigenvalue weighted by atomic mass is 19.2. The lowest BCUT2D eigenvalue weighted by atomic mass is 9.79. The van der Waals surface area contributed by atoms with Crippen molar-refractivity contribution in [2.45, 2.75) is 45.4 Å². The fourth-order valence-electron chi connectivity index (χ4n) is 3.22. The number of hydrogen-bond acceptors (Lipinski definition) is 2. The first-order valence-electron chi connectivity index (χ1n) is 8.30. The molecule has 0 heterocycles. The van der Waals surface area contributed by atoms with Gasteiger partial charge in [0.15, 0.2) is 11.6 Å². The van der Waals surface area contributed by atoms with E-state index < -0.39 is 11.6 Å². The smallest absolute Gasteiger partial charge is 0.223 e. The molecule has 1 fully saturated rings. The molecule has 1 saturated carbocycles. The first-order valence-corrected chi connectivity index (χ1v) is 8.30. The molecule has 2 rings (SSSR count). The van der Waals surface area contributed by atoms with E-state index >= 15 is 0 Å². The van der Waals surface area contributed by atoms with Gasteiger partial charge >= 0.3 is 0 Å². The van der Waals surface area contributed by atoms with Crippen molar-refractivity contribution < 1.29 is 18.7 Å². The topological polar surface area (TPSA) is 49.3 Å². The van der Waals surface area contributed by atoms with Crippen LogP contribution in [0.15, 0.2) is 18.2 Å². The van der Waals surface area contributed by atoms with E-state index in [2.05, 4.69) is 5.32 Å². The Labute approximate surface area is 136 Å².